The van der Waals surface area contributed by atoms with Gasteiger partial charge >= 0.3 is 0 Å². The number of ketones is 1. The van der Waals surface area contributed by atoms with E-state index in [9.17, 15) is 4.79 Å². The van der Waals surface area contributed by atoms with Gasteiger partial charge in [0.05, 0.1) is 5.75 Å². The van der Waals surface area contributed by atoms with Gasteiger partial charge in [-0.15, -0.1) is 0 Å². The normalized spacial score (nSPS) is 12.6. The zero-order chi connectivity index (χ0) is 13.0. The summed E-state index contributed by atoms with van der Waals surface area (Å²) in [5.41, 5.74) is 0.811. The third kappa shape index (κ3) is 2.91. The van der Waals surface area contributed by atoms with Crippen LogP contribution in [0.25, 0.3) is 10.8 Å². The fourth-order valence-corrected chi connectivity index (χ4v) is 2.61. The minimum Gasteiger partial charge on any atom is -0.293 e. The van der Waals surface area contributed by atoms with Gasteiger partial charge in [0.15, 0.2) is 5.78 Å². The Morgan fingerprint density at radius 2 is 2.22 bits per heavy atom. The molecule has 0 bridgehead atoms. The number of aromatic nitrogens is 1. The van der Waals surface area contributed by atoms with E-state index in [1.165, 1.54) is 0 Å². The van der Waals surface area contributed by atoms with Crippen LogP contribution in [-0.2, 0) is 0 Å². The third-order valence-electron chi connectivity index (χ3n) is 3.06. The molecule has 0 aliphatic rings. The molecule has 2 rings (SSSR count). The van der Waals surface area contributed by atoms with Gasteiger partial charge in [0.1, 0.15) is 0 Å². The predicted octanol–water partition coefficient (Wildman–Crippen LogP) is 3.95. The summed E-state index contributed by atoms with van der Waals surface area (Å²) in [5.74, 6) is 0.758. The van der Waals surface area contributed by atoms with E-state index in [1.54, 1.807) is 24.2 Å². The number of hydrogen-bond donors (Lipinski definition) is 0. The van der Waals surface area contributed by atoms with Gasteiger partial charge in [-0.1, -0.05) is 32.0 Å². The Morgan fingerprint density at radius 3 is 3.00 bits per heavy atom. The van der Waals surface area contributed by atoms with Crippen LogP contribution in [0.3, 0.4) is 0 Å². The number of carbonyl (C=O) groups excluding carboxylic acids is 1. The van der Waals surface area contributed by atoms with Gasteiger partial charge < -0.3 is 0 Å². The van der Waals surface area contributed by atoms with Crippen molar-refractivity contribution in [2.45, 2.75) is 25.5 Å². The molecule has 0 spiro atoms. The van der Waals surface area contributed by atoms with Gasteiger partial charge in [0, 0.05) is 28.6 Å². The lowest BCUT2D eigenvalue weighted by atomic mass is 10.0. The number of benzene rings is 1. The molecule has 0 amide bonds. The minimum absolute atomic E-state index is 0.206. The maximum absolute atomic E-state index is 12.2. The summed E-state index contributed by atoms with van der Waals surface area (Å²) in [6.45, 7) is 4.30. The zero-order valence-corrected chi connectivity index (χ0v) is 11.5. The van der Waals surface area contributed by atoms with Crippen molar-refractivity contribution in [3.8, 4) is 0 Å². The summed E-state index contributed by atoms with van der Waals surface area (Å²) in [6.07, 6.45) is 4.63. The van der Waals surface area contributed by atoms with E-state index < -0.39 is 0 Å². The van der Waals surface area contributed by atoms with Crippen molar-refractivity contribution in [2.75, 3.05) is 5.75 Å². The zero-order valence-electron chi connectivity index (χ0n) is 10.7. The number of hydrogen-bond acceptors (Lipinski definition) is 3. The van der Waals surface area contributed by atoms with E-state index in [4.69, 9.17) is 0 Å². The second-order valence-corrected chi connectivity index (χ2v) is 5.78. The van der Waals surface area contributed by atoms with Gasteiger partial charge in [-0.2, -0.15) is 11.8 Å². The Bertz CT molecular complexity index is 548. The van der Waals surface area contributed by atoms with E-state index in [1.807, 2.05) is 24.3 Å². The summed E-state index contributed by atoms with van der Waals surface area (Å²) in [7, 11) is 0. The third-order valence-corrected chi connectivity index (χ3v) is 4.39. The van der Waals surface area contributed by atoms with Gasteiger partial charge in [0.2, 0.25) is 0 Å². The maximum Gasteiger partial charge on any atom is 0.173 e. The maximum atomic E-state index is 12.2. The van der Waals surface area contributed by atoms with Crippen LogP contribution in [0.4, 0.5) is 0 Å². The van der Waals surface area contributed by atoms with Crippen molar-refractivity contribution in [3.05, 3.63) is 42.2 Å². The van der Waals surface area contributed by atoms with Crippen LogP contribution in [0.5, 0.6) is 0 Å². The first-order valence-electron chi connectivity index (χ1n) is 6.20. The second kappa shape index (κ2) is 6.01. The van der Waals surface area contributed by atoms with Gasteiger partial charge in [-0.05, 0) is 17.9 Å². The van der Waals surface area contributed by atoms with Gasteiger partial charge in [-0.25, -0.2) is 0 Å². The van der Waals surface area contributed by atoms with Crippen molar-refractivity contribution in [1.29, 1.82) is 0 Å². The molecule has 0 aliphatic carbocycles. The Hall–Kier alpha value is -1.35. The standard InChI is InChI=1S/C15H17NOS/c1-3-11(2)18-10-15(17)14-6-4-5-12-9-16-8-7-13(12)14/h4-9,11H,3,10H2,1-2H3. The first-order chi connectivity index (χ1) is 8.72. The van der Waals surface area contributed by atoms with E-state index in [0.717, 1.165) is 22.8 Å². The Labute approximate surface area is 112 Å². The van der Waals surface area contributed by atoms with Crippen LogP contribution in [-0.4, -0.2) is 21.8 Å². The highest BCUT2D eigenvalue weighted by Crippen LogP contribution is 2.21. The molecule has 1 aromatic heterocycles. The molecule has 0 radical (unpaired) electrons. The molecular weight excluding hydrogens is 242 g/mol. The van der Waals surface area contributed by atoms with Crippen molar-refractivity contribution < 1.29 is 4.79 Å². The average molecular weight is 259 g/mol. The molecule has 3 heteroatoms. The van der Waals surface area contributed by atoms with E-state index in [2.05, 4.69) is 18.8 Å². The molecule has 0 N–H and O–H groups in total. The highest BCUT2D eigenvalue weighted by atomic mass is 32.2. The molecule has 0 fully saturated rings. The molecule has 1 unspecified atom stereocenters. The molecule has 0 saturated carbocycles. The highest BCUT2D eigenvalue weighted by Gasteiger charge is 2.11. The lowest BCUT2D eigenvalue weighted by molar-refractivity contribution is 0.102. The van der Waals surface area contributed by atoms with Crippen LogP contribution in [0, 0.1) is 0 Å². The van der Waals surface area contributed by atoms with E-state index >= 15 is 0 Å². The summed E-state index contributed by atoms with van der Waals surface area (Å²) in [4.78, 5) is 16.3. The lowest BCUT2D eigenvalue weighted by Crippen LogP contribution is -2.06. The SMILES string of the molecule is CCC(C)SCC(=O)c1cccc2cnccc12. The number of fused-ring (bicyclic) bond motifs is 1. The van der Waals surface area contributed by atoms with Crippen molar-refractivity contribution in [2.24, 2.45) is 0 Å². The highest BCUT2D eigenvalue weighted by molar-refractivity contribution is 8.00. The minimum atomic E-state index is 0.206. The summed E-state index contributed by atoms with van der Waals surface area (Å²) in [5, 5.41) is 2.56. The molecule has 1 heterocycles. The fraction of sp³-hybridized carbons (Fsp3) is 0.333. The second-order valence-electron chi connectivity index (χ2n) is 4.36. The van der Waals surface area contributed by atoms with Crippen LogP contribution >= 0.6 is 11.8 Å². The number of rotatable bonds is 5. The van der Waals surface area contributed by atoms with Gasteiger partial charge in [0.25, 0.3) is 0 Å². The number of Topliss-reactive ketones (excluding diaryl/α,β-unsaturated/α-hetero) is 1. The molecule has 94 valence electrons. The molecule has 0 aliphatic heterocycles. The van der Waals surface area contributed by atoms with Crippen LogP contribution < -0.4 is 0 Å². The van der Waals surface area contributed by atoms with E-state index in [0.29, 0.717) is 11.0 Å². The quantitative estimate of drug-likeness (QED) is 0.762. The molecule has 2 aromatic rings. The van der Waals surface area contributed by atoms with Crippen molar-refractivity contribution >= 4 is 28.3 Å². The van der Waals surface area contributed by atoms with E-state index in [-0.39, 0.29) is 5.78 Å². The summed E-state index contributed by atoms with van der Waals surface area (Å²) >= 11 is 1.72. The Kier molecular flexibility index (Phi) is 4.37. The number of thioether (sulfide) groups is 1. The van der Waals surface area contributed by atoms with Crippen LogP contribution in [0.15, 0.2) is 36.7 Å². The lowest BCUT2D eigenvalue weighted by Gasteiger charge is -2.08. The number of carbonyl (C=O) groups is 1. The fourth-order valence-electron chi connectivity index (χ4n) is 1.78. The summed E-state index contributed by atoms with van der Waals surface area (Å²) < 4.78 is 0. The molecule has 0 saturated heterocycles. The molecule has 2 nitrogen and oxygen atoms in total. The number of nitrogens with zero attached hydrogens (tertiary/aromatic N) is 1. The largest absolute Gasteiger partial charge is 0.293 e. The Balaban J connectivity index is 2.22. The first kappa shape index (κ1) is 13.1. The topological polar surface area (TPSA) is 30.0 Å². The van der Waals surface area contributed by atoms with Crippen LogP contribution in [0.1, 0.15) is 30.6 Å². The monoisotopic (exact) mass is 259 g/mol. The van der Waals surface area contributed by atoms with Gasteiger partial charge in [-0.3, -0.25) is 9.78 Å². The molecule has 18 heavy (non-hydrogen) atoms. The first-order valence-corrected chi connectivity index (χ1v) is 7.24. The molecule has 1 atom stereocenters. The molecule has 1 aromatic carbocycles. The average Bonchev–Trinajstić information content (AvgIpc) is 2.43. The molecular formula is C15H17NOS. The predicted molar refractivity (Wildman–Crippen MR) is 78.3 cm³/mol. The smallest absolute Gasteiger partial charge is 0.173 e. The van der Waals surface area contributed by atoms with Crippen molar-refractivity contribution in [3.63, 3.8) is 0 Å². The van der Waals surface area contributed by atoms with Crippen LogP contribution in [0.2, 0.25) is 0 Å². The summed E-state index contributed by atoms with van der Waals surface area (Å²) in [6, 6.07) is 7.73. The Morgan fingerprint density at radius 1 is 1.39 bits per heavy atom. The van der Waals surface area contributed by atoms with Crippen molar-refractivity contribution in [1.82, 2.24) is 4.98 Å². The number of pyridine rings is 1.